The fourth-order valence-electron chi connectivity index (χ4n) is 1.65. The van der Waals surface area contributed by atoms with Crippen LogP contribution in [0.25, 0.3) is 5.69 Å². The Hall–Kier alpha value is -1.82. The van der Waals surface area contributed by atoms with E-state index in [1.807, 2.05) is 0 Å². The van der Waals surface area contributed by atoms with Crippen molar-refractivity contribution < 1.29 is 8.78 Å². The van der Waals surface area contributed by atoms with Crippen molar-refractivity contribution in [2.45, 2.75) is 19.3 Å². The third-order valence-corrected chi connectivity index (χ3v) is 2.61. The summed E-state index contributed by atoms with van der Waals surface area (Å²) in [5.74, 6) is -1.82. The maximum absolute atomic E-state index is 13.5. The van der Waals surface area contributed by atoms with Crippen LogP contribution in [0.5, 0.6) is 0 Å². The van der Waals surface area contributed by atoms with Crippen molar-refractivity contribution in [1.29, 1.82) is 0 Å². The summed E-state index contributed by atoms with van der Waals surface area (Å²) in [6.07, 6.45) is 4.14. The lowest BCUT2D eigenvalue weighted by molar-refractivity contribution is 0.500. The van der Waals surface area contributed by atoms with E-state index in [1.54, 1.807) is 6.20 Å². The van der Waals surface area contributed by atoms with Crippen LogP contribution in [0.1, 0.15) is 18.5 Å². The smallest absolute Gasteiger partial charge is 0.184 e. The molecule has 0 fully saturated rings. The Bertz CT molecular complexity index is 525. The molecule has 18 heavy (non-hydrogen) atoms. The zero-order valence-corrected chi connectivity index (χ0v) is 9.81. The van der Waals surface area contributed by atoms with E-state index < -0.39 is 11.6 Å². The fraction of sp³-hybridized carbons (Fsp3) is 0.333. The van der Waals surface area contributed by atoms with E-state index in [2.05, 4.69) is 10.3 Å². The van der Waals surface area contributed by atoms with Crippen LogP contribution < -0.4 is 5.73 Å². The van der Waals surface area contributed by atoms with Crippen molar-refractivity contribution in [2.24, 2.45) is 5.73 Å². The fourth-order valence-corrected chi connectivity index (χ4v) is 1.65. The molecule has 2 rings (SSSR count). The molecule has 0 atom stereocenters. The Balaban J connectivity index is 2.16. The number of aryl methyl sites for hydroxylation is 1. The Morgan fingerprint density at radius 1 is 1.22 bits per heavy atom. The van der Waals surface area contributed by atoms with Gasteiger partial charge in [0, 0.05) is 0 Å². The quantitative estimate of drug-likeness (QED) is 0.826. The summed E-state index contributed by atoms with van der Waals surface area (Å²) >= 11 is 0. The standard InChI is InChI=1S/C12H14F2N4/c13-10-5-3-6-11(12(10)14)18-8-9(16-17-18)4-1-2-7-15/h3,5-6,8H,1-2,4,7,15H2. The molecule has 1 aromatic carbocycles. The molecule has 0 aliphatic heterocycles. The molecule has 0 unspecified atom stereocenters. The highest BCUT2D eigenvalue weighted by Gasteiger charge is 2.11. The van der Waals surface area contributed by atoms with Gasteiger partial charge in [0.25, 0.3) is 0 Å². The zero-order chi connectivity index (χ0) is 13.0. The molecule has 0 saturated heterocycles. The van der Waals surface area contributed by atoms with Crippen LogP contribution in [-0.2, 0) is 6.42 Å². The number of aromatic nitrogens is 3. The molecule has 2 aromatic rings. The maximum Gasteiger partial charge on any atom is 0.184 e. The van der Waals surface area contributed by atoms with Gasteiger partial charge in [-0.25, -0.2) is 13.5 Å². The molecule has 96 valence electrons. The molecule has 0 amide bonds. The van der Waals surface area contributed by atoms with E-state index in [0.29, 0.717) is 6.54 Å². The van der Waals surface area contributed by atoms with Gasteiger partial charge in [-0.15, -0.1) is 5.10 Å². The normalized spacial score (nSPS) is 10.8. The summed E-state index contributed by atoms with van der Waals surface area (Å²) in [7, 11) is 0. The Kier molecular flexibility index (Phi) is 3.99. The van der Waals surface area contributed by atoms with Crippen molar-refractivity contribution in [2.75, 3.05) is 6.54 Å². The Labute approximate surface area is 103 Å². The lowest BCUT2D eigenvalue weighted by atomic mass is 10.2. The minimum absolute atomic E-state index is 0.0626. The molecule has 6 heteroatoms. The third-order valence-electron chi connectivity index (χ3n) is 2.61. The topological polar surface area (TPSA) is 56.7 Å². The second-order valence-electron chi connectivity index (χ2n) is 3.97. The second kappa shape index (κ2) is 5.68. The molecule has 0 radical (unpaired) electrons. The molecule has 0 aliphatic carbocycles. The van der Waals surface area contributed by atoms with Crippen molar-refractivity contribution in [1.82, 2.24) is 15.0 Å². The first-order valence-corrected chi connectivity index (χ1v) is 5.78. The van der Waals surface area contributed by atoms with Gasteiger partial charge in [0.05, 0.1) is 11.9 Å². The monoisotopic (exact) mass is 252 g/mol. The van der Waals surface area contributed by atoms with Gasteiger partial charge in [-0.1, -0.05) is 11.3 Å². The molecule has 1 aromatic heterocycles. The number of hydrogen-bond donors (Lipinski definition) is 1. The van der Waals surface area contributed by atoms with Crippen molar-refractivity contribution >= 4 is 0 Å². The zero-order valence-electron chi connectivity index (χ0n) is 9.81. The van der Waals surface area contributed by atoms with E-state index in [-0.39, 0.29) is 5.69 Å². The van der Waals surface area contributed by atoms with Crippen LogP contribution in [-0.4, -0.2) is 21.5 Å². The van der Waals surface area contributed by atoms with Gasteiger partial charge in [-0.3, -0.25) is 0 Å². The number of benzene rings is 1. The van der Waals surface area contributed by atoms with E-state index in [4.69, 9.17) is 5.73 Å². The number of rotatable bonds is 5. The van der Waals surface area contributed by atoms with Gasteiger partial charge >= 0.3 is 0 Å². The van der Waals surface area contributed by atoms with E-state index >= 15 is 0 Å². The second-order valence-corrected chi connectivity index (χ2v) is 3.97. The van der Waals surface area contributed by atoms with Gasteiger partial charge in [0.1, 0.15) is 5.69 Å². The molecule has 0 aliphatic rings. The largest absolute Gasteiger partial charge is 0.330 e. The average molecular weight is 252 g/mol. The number of unbranched alkanes of at least 4 members (excludes halogenated alkanes) is 1. The molecule has 1 heterocycles. The van der Waals surface area contributed by atoms with Crippen molar-refractivity contribution in [3.05, 3.63) is 41.7 Å². The summed E-state index contributed by atoms with van der Waals surface area (Å²) in [5, 5.41) is 7.71. The van der Waals surface area contributed by atoms with Crippen molar-refractivity contribution in [3.63, 3.8) is 0 Å². The molecule has 0 spiro atoms. The summed E-state index contributed by atoms with van der Waals surface area (Å²) in [4.78, 5) is 0. The van der Waals surface area contributed by atoms with Crippen LogP contribution in [0.4, 0.5) is 8.78 Å². The summed E-state index contributed by atoms with van der Waals surface area (Å²) in [5.41, 5.74) is 6.20. The predicted octanol–water partition coefficient (Wildman–Crippen LogP) is 1.83. The molecular weight excluding hydrogens is 238 g/mol. The van der Waals surface area contributed by atoms with Crippen LogP contribution in [0, 0.1) is 11.6 Å². The van der Waals surface area contributed by atoms with Gasteiger partial charge in [-0.2, -0.15) is 0 Å². The lowest BCUT2D eigenvalue weighted by Crippen LogP contribution is -2.00. The van der Waals surface area contributed by atoms with Crippen molar-refractivity contribution in [3.8, 4) is 5.69 Å². The van der Waals surface area contributed by atoms with E-state index in [0.717, 1.165) is 31.0 Å². The van der Waals surface area contributed by atoms with Crippen LogP contribution >= 0.6 is 0 Å². The molecule has 2 N–H and O–H groups in total. The first-order chi connectivity index (χ1) is 8.72. The van der Waals surface area contributed by atoms with Crippen LogP contribution in [0.15, 0.2) is 24.4 Å². The SMILES string of the molecule is NCCCCc1cn(-c2cccc(F)c2F)nn1. The first kappa shape index (κ1) is 12.6. The average Bonchev–Trinajstić information content (AvgIpc) is 2.82. The third kappa shape index (κ3) is 2.70. The number of hydrogen-bond acceptors (Lipinski definition) is 3. The highest BCUT2D eigenvalue weighted by atomic mass is 19.2. The number of halogens is 2. The highest BCUT2D eigenvalue weighted by Crippen LogP contribution is 2.15. The van der Waals surface area contributed by atoms with Gasteiger partial charge in [0.2, 0.25) is 0 Å². The van der Waals surface area contributed by atoms with E-state index in [1.165, 1.54) is 16.8 Å². The van der Waals surface area contributed by atoms with Gasteiger partial charge in [-0.05, 0) is 37.9 Å². The minimum Gasteiger partial charge on any atom is -0.330 e. The summed E-state index contributed by atoms with van der Waals surface area (Å²) in [6, 6.07) is 3.96. The maximum atomic E-state index is 13.5. The molecule has 0 saturated carbocycles. The Morgan fingerprint density at radius 2 is 2.06 bits per heavy atom. The van der Waals surface area contributed by atoms with Gasteiger partial charge in [0.15, 0.2) is 11.6 Å². The molecule has 4 nitrogen and oxygen atoms in total. The highest BCUT2D eigenvalue weighted by molar-refractivity contribution is 5.33. The predicted molar refractivity (Wildman–Crippen MR) is 63.3 cm³/mol. The van der Waals surface area contributed by atoms with Crippen LogP contribution in [0.2, 0.25) is 0 Å². The number of nitrogens with zero attached hydrogens (tertiary/aromatic N) is 3. The van der Waals surface area contributed by atoms with E-state index in [9.17, 15) is 8.78 Å². The van der Waals surface area contributed by atoms with Crippen LogP contribution in [0.3, 0.4) is 0 Å². The minimum atomic E-state index is -0.920. The molecule has 0 bridgehead atoms. The Morgan fingerprint density at radius 3 is 2.83 bits per heavy atom. The summed E-state index contributed by atoms with van der Waals surface area (Å²) in [6.45, 7) is 0.632. The first-order valence-electron chi connectivity index (χ1n) is 5.78. The molecular formula is C12H14F2N4. The summed E-state index contributed by atoms with van der Waals surface area (Å²) < 4.78 is 27.8. The number of nitrogens with two attached hydrogens (primary N) is 1. The van der Waals surface area contributed by atoms with Gasteiger partial charge < -0.3 is 5.73 Å². The lowest BCUT2D eigenvalue weighted by Gasteiger charge is -2.01.